The third-order valence-electron chi connectivity index (χ3n) is 5.88. The van der Waals surface area contributed by atoms with E-state index in [1.807, 2.05) is 24.0 Å². The van der Waals surface area contributed by atoms with Crippen LogP contribution in [0.25, 0.3) is 0 Å². The molecule has 3 amide bonds. The lowest BCUT2D eigenvalue weighted by Crippen LogP contribution is -2.52. The van der Waals surface area contributed by atoms with Crippen LogP contribution in [0, 0.1) is 5.92 Å². The molecular weight excluding hydrogens is 420 g/mol. The van der Waals surface area contributed by atoms with Gasteiger partial charge >= 0.3 is 0 Å². The van der Waals surface area contributed by atoms with Crippen LogP contribution in [0.2, 0.25) is 0 Å². The van der Waals surface area contributed by atoms with E-state index < -0.39 is 0 Å². The first kappa shape index (κ1) is 22.6. The molecule has 2 N–H and O–H groups in total. The van der Waals surface area contributed by atoms with Gasteiger partial charge in [-0.3, -0.25) is 14.4 Å². The fourth-order valence-electron chi connectivity index (χ4n) is 3.80. The van der Waals surface area contributed by atoms with Crippen LogP contribution in [-0.4, -0.2) is 66.9 Å². The molecule has 33 heavy (non-hydrogen) atoms. The molecule has 0 radical (unpaired) electrons. The first-order valence-corrected chi connectivity index (χ1v) is 11.5. The number of hydrogen-bond donors (Lipinski definition) is 2. The first-order chi connectivity index (χ1) is 16.0. The molecule has 1 saturated heterocycles. The maximum atomic E-state index is 12.5. The molecular formula is C25H30N4O4. The molecule has 2 fully saturated rings. The van der Waals surface area contributed by atoms with Gasteiger partial charge in [0.15, 0.2) is 0 Å². The topological polar surface area (TPSA) is 91.0 Å². The summed E-state index contributed by atoms with van der Waals surface area (Å²) in [7, 11) is 0. The third kappa shape index (κ3) is 6.03. The molecule has 0 atom stereocenters. The highest BCUT2D eigenvalue weighted by Crippen LogP contribution is 2.31. The Morgan fingerprint density at radius 1 is 0.879 bits per heavy atom. The average molecular weight is 451 g/mol. The lowest BCUT2D eigenvalue weighted by molar-refractivity contribution is -0.139. The summed E-state index contributed by atoms with van der Waals surface area (Å²) in [6, 6.07) is 14.2. The smallest absolute Gasteiger partial charge is 0.255 e. The summed E-state index contributed by atoms with van der Waals surface area (Å²) < 4.78 is 5.40. The van der Waals surface area contributed by atoms with Gasteiger partial charge in [0.05, 0.1) is 13.2 Å². The van der Waals surface area contributed by atoms with Crippen molar-refractivity contribution in [3.8, 4) is 5.75 Å². The van der Waals surface area contributed by atoms with Crippen molar-refractivity contribution in [3.05, 3.63) is 54.1 Å². The van der Waals surface area contributed by atoms with Crippen LogP contribution >= 0.6 is 0 Å². The van der Waals surface area contributed by atoms with Crippen molar-refractivity contribution < 1.29 is 19.1 Å². The van der Waals surface area contributed by atoms with Crippen molar-refractivity contribution in [3.63, 3.8) is 0 Å². The summed E-state index contributed by atoms with van der Waals surface area (Å²) in [6.45, 7) is 5.06. The molecule has 8 heteroatoms. The van der Waals surface area contributed by atoms with Crippen LogP contribution in [0.15, 0.2) is 48.5 Å². The number of ether oxygens (including phenoxy) is 1. The van der Waals surface area contributed by atoms with Crippen molar-refractivity contribution in [2.75, 3.05) is 50.0 Å². The van der Waals surface area contributed by atoms with Gasteiger partial charge in [-0.1, -0.05) is 0 Å². The van der Waals surface area contributed by atoms with E-state index in [1.54, 1.807) is 41.3 Å². The molecule has 174 valence electrons. The summed E-state index contributed by atoms with van der Waals surface area (Å²) in [5, 5.41) is 5.98. The number of piperazine rings is 1. The number of rotatable bonds is 8. The maximum Gasteiger partial charge on any atom is 0.255 e. The molecule has 1 saturated carbocycles. The lowest BCUT2D eigenvalue weighted by Gasteiger charge is -2.35. The maximum absolute atomic E-state index is 12.5. The predicted molar refractivity (Wildman–Crippen MR) is 126 cm³/mol. The number of hydrogen-bond acceptors (Lipinski definition) is 5. The van der Waals surface area contributed by atoms with Crippen LogP contribution in [0.5, 0.6) is 5.75 Å². The summed E-state index contributed by atoms with van der Waals surface area (Å²) in [5.74, 6) is 1.02. The zero-order valence-electron chi connectivity index (χ0n) is 18.9. The van der Waals surface area contributed by atoms with Crippen molar-refractivity contribution in [1.29, 1.82) is 0 Å². The summed E-state index contributed by atoms with van der Waals surface area (Å²) in [5.41, 5.74) is 1.98. The van der Waals surface area contributed by atoms with E-state index in [1.165, 1.54) is 0 Å². The standard InChI is InChI=1S/C25H30N4O4/c1-2-33-22-11-9-21(10-12-22)27-24(31)18-5-7-20(8-6-18)26-17-23(30)28-13-15-29(16-14-28)25(32)19-3-4-19/h5-12,19,26H,2-4,13-17H2,1H3,(H,27,31). The number of nitrogens with one attached hydrogen (secondary N) is 2. The molecule has 8 nitrogen and oxygen atoms in total. The Labute approximate surface area is 193 Å². The molecule has 2 aromatic carbocycles. The Hall–Kier alpha value is -3.55. The highest BCUT2D eigenvalue weighted by molar-refractivity contribution is 6.04. The second kappa shape index (κ2) is 10.4. The molecule has 0 spiro atoms. The Balaban J connectivity index is 1.21. The number of benzene rings is 2. The van der Waals surface area contributed by atoms with Crippen LogP contribution in [0.3, 0.4) is 0 Å². The highest BCUT2D eigenvalue weighted by Gasteiger charge is 2.35. The second-order valence-electron chi connectivity index (χ2n) is 8.32. The van der Waals surface area contributed by atoms with Gasteiger partial charge in [0.25, 0.3) is 5.91 Å². The van der Waals surface area contributed by atoms with Gasteiger partial charge in [-0.25, -0.2) is 0 Å². The first-order valence-electron chi connectivity index (χ1n) is 11.5. The minimum Gasteiger partial charge on any atom is -0.494 e. The second-order valence-corrected chi connectivity index (χ2v) is 8.32. The van der Waals surface area contributed by atoms with E-state index in [-0.39, 0.29) is 30.2 Å². The van der Waals surface area contributed by atoms with E-state index in [9.17, 15) is 14.4 Å². The fourth-order valence-corrected chi connectivity index (χ4v) is 3.80. The van der Waals surface area contributed by atoms with Crippen molar-refractivity contribution in [2.24, 2.45) is 5.92 Å². The van der Waals surface area contributed by atoms with Crippen molar-refractivity contribution in [1.82, 2.24) is 9.80 Å². The predicted octanol–water partition coefficient (Wildman–Crippen LogP) is 2.83. The number of amides is 3. The minimum absolute atomic E-state index is 0.00541. The summed E-state index contributed by atoms with van der Waals surface area (Å²) in [6.07, 6.45) is 2.01. The van der Waals surface area contributed by atoms with Gasteiger partial charge in [0.2, 0.25) is 11.8 Å². The van der Waals surface area contributed by atoms with Gasteiger partial charge in [-0.15, -0.1) is 0 Å². The quantitative estimate of drug-likeness (QED) is 0.645. The minimum atomic E-state index is -0.208. The molecule has 2 aromatic rings. The Kier molecular flexibility index (Phi) is 7.12. The van der Waals surface area contributed by atoms with Gasteiger partial charge in [-0.2, -0.15) is 0 Å². The van der Waals surface area contributed by atoms with E-state index >= 15 is 0 Å². The Bertz CT molecular complexity index is 978. The largest absolute Gasteiger partial charge is 0.494 e. The van der Waals surface area contributed by atoms with E-state index in [2.05, 4.69) is 10.6 Å². The lowest BCUT2D eigenvalue weighted by atomic mass is 10.2. The van der Waals surface area contributed by atoms with E-state index in [4.69, 9.17) is 4.74 Å². The normalized spacial score (nSPS) is 15.7. The van der Waals surface area contributed by atoms with E-state index in [0.29, 0.717) is 44.0 Å². The van der Waals surface area contributed by atoms with Gasteiger partial charge in [0.1, 0.15) is 5.75 Å². The molecule has 2 aliphatic rings. The van der Waals surface area contributed by atoms with Gasteiger partial charge in [0, 0.05) is 49.0 Å². The van der Waals surface area contributed by atoms with Crippen LogP contribution < -0.4 is 15.4 Å². The van der Waals surface area contributed by atoms with Crippen molar-refractivity contribution in [2.45, 2.75) is 19.8 Å². The monoisotopic (exact) mass is 450 g/mol. The van der Waals surface area contributed by atoms with Crippen LogP contribution in [0.4, 0.5) is 11.4 Å². The molecule has 1 aliphatic carbocycles. The number of anilines is 2. The number of nitrogens with zero attached hydrogens (tertiary/aromatic N) is 2. The number of carbonyl (C=O) groups is 3. The molecule has 1 aliphatic heterocycles. The fraction of sp³-hybridized carbons (Fsp3) is 0.400. The van der Waals surface area contributed by atoms with Crippen LogP contribution in [0.1, 0.15) is 30.1 Å². The molecule has 0 bridgehead atoms. The third-order valence-corrected chi connectivity index (χ3v) is 5.88. The zero-order chi connectivity index (χ0) is 23.2. The molecule has 1 heterocycles. The Morgan fingerprint density at radius 3 is 2.09 bits per heavy atom. The number of carbonyl (C=O) groups excluding carboxylic acids is 3. The Morgan fingerprint density at radius 2 is 1.48 bits per heavy atom. The summed E-state index contributed by atoms with van der Waals surface area (Å²) >= 11 is 0. The SMILES string of the molecule is CCOc1ccc(NC(=O)c2ccc(NCC(=O)N3CCN(C(=O)C4CC4)CC3)cc2)cc1. The molecule has 4 rings (SSSR count). The summed E-state index contributed by atoms with van der Waals surface area (Å²) in [4.78, 5) is 40.8. The zero-order valence-corrected chi connectivity index (χ0v) is 18.9. The highest BCUT2D eigenvalue weighted by atomic mass is 16.5. The molecule has 0 aromatic heterocycles. The van der Waals surface area contributed by atoms with Crippen LogP contribution in [-0.2, 0) is 9.59 Å². The van der Waals surface area contributed by atoms with E-state index in [0.717, 1.165) is 24.3 Å². The van der Waals surface area contributed by atoms with Gasteiger partial charge < -0.3 is 25.2 Å². The average Bonchev–Trinajstić information content (AvgIpc) is 3.69. The van der Waals surface area contributed by atoms with Crippen molar-refractivity contribution >= 4 is 29.1 Å². The molecule has 0 unspecified atom stereocenters. The van der Waals surface area contributed by atoms with Gasteiger partial charge in [-0.05, 0) is 68.3 Å².